The molecule has 1 saturated heterocycles. The average molecular weight is 281 g/mol. The third-order valence-electron chi connectivity index (χ3n) is 4.40. The standard InChI is InChI=1S/C16H19N5/c1-12-8-20(9-13-4-5-17-7-13)16-6-14(2-3-15(12)16)21-10-18-19-11-21/h2-3,6,8,10-11,13,17H,4-5,7,9H2,1H3. The van der Waals surface area contributed by atoms with Crippen molar-refractivity contribution in [3.05, 3.63) is 42.6 Å². The van der Waals surface area contributed by atoms with E-state index in [2.05, 4.69) is 51.4 Å². The summed E-state index contributed by atoms with van der Waals surface area (Å²) in [6, 6.07) is 6.55. The minimum atomic E-state index is 0.735. The number of nitrogens with one attached hydrogen (secondary N) is 1. The summed E-state index contributed by atoms with van der Waals surface area (Å²) >= 11 is 0. The molecule has 0 bridgehead atoms. The number of hydrogen-bond acceptors (Lipinski definition) is 3. The maximum Gasteiger partial charge on any atom is 0.123 e. The molecule has 5 heteroatoms. The summed E-state index contributed by atoms with van der Waals surface area (Å²) in [7, 11) is 0. The predicted octanol–water partition coefficient (Wildman–Crippen LogP) is 2.14. The zero-order valence-electron chi connectivity index (χ0n) is 12.2. The molecule has 1 aromatic carbocycles. The molecule has 1 N–H and O–H groups in total. The van der Waals surface area contributed by atoms with Crippen LogP contribution in [-0.4, -0.2) is 32.4 Å². The molecular weight excluding hydrogens is 262 g/mol. The second-order valence-electron chi connectivity index (χ2n) is 5.89. The topological polar surface area (TPSA) is 47.7 Å². The molecule has 108 valence electrons. The van der Waals surface area contributed by atoms with E-state index in [1.54, 1.807) is 12.7 Å². The Hall–Kier alpha value is -2.14. The van der Waals surface area contributed by atoms with Gasteiger partial charge in [-0.15, -0.1) is 10.2 Å². The maximum absolute atomic E-state index is 3.89. The molecule has 4 rings (SSSR count). The van der Waals surface area contributed by atoms with E-state index in [4.69, 9.17) is 0 Å². The van der Waals surface area contributed by atoms with Crippen LogP contribution in [0.1, 0.15) is 12.0 Å². The largest absolute Gasteiger partial charge is 0.347 e. The van der Waals surface area contributed by atoms with Crippen molar-refractivity contribution in [3.8, 4) is 5.69 Å². The van der Waals surface area contributed by atoms with Crippen LogP contribution in [0.2, 0.25) is 0 Å². The van der Waals surface area contributed by atoms with Crippen LogP contribution in [0.4, 0.5) is 0 Å². The van der Waals surface area contributed by atoms with Crippen molar-refractivity contribution >= 4 is 10.9 Å². The molecule has 1 fully saturated rings. The van der Waals surface area contributed by atoms with Crippen molar-refractivity contribution in [2.45, 2.75) is 19.9 Å². The fourth-order valence-electron chi connectivity index (χ4n) is 3.26. The molecule has 0 saturated carbocycles. The Morgan fingerprint density at radius 2 is 2.14 bits per heavy atom. The van der Waals surface area contributed by atoms with Gasteiger partial charge in [-0.1, -0.05) is 6.07 Å². The number of aromatic nitrogens is 4. The molecule has 0 aliphatic carbocycles. The van der Waals surface area contributed by atoms with Gasteiger partial charge in [-0.2, -0.15) is 0 Å². The monoisotopic (exact) mass is 281 g/mol. The first kappa shape index (κ1) is 12.6. The normalized spacial score (nSPS) is 18.6. The van der Waals surface area contributed by atoms with E-state index in [0.717, 1.165) is 31.2 Å². The third kappa shape index (κ3) is 2.23. The zero-order chi connectivity index (χ0) is 14.2. The smallest absolute Gasteiger partial charge is 0.123 e. The van der Waals surface area contributed by atoms with E-state index in [1.165, 1.54) is 22.9 Å². The molecule has 21 heavy (non-hydrogen) atoms. The Morgan fingerprint density at radius 1 is 1.29 bits per heavy atom. The van der Waals surface area contributed by atoms with Gasteiger partial charge in [0, 0.05) is 18.1 Å². The van der Waals surface area contributed by atoms with Crippen LogP contribution < -0.4 is 5.32 Å². The van der Waals surface area contributed by atoms with E-state index in [0.29, 0.717) is 0 Å². The molecule has 2 aromatic heterocycles. The van der Waals surface area contributed by atoms with Crippen LogP contribution in [-0.2, 0) is 6.54 Å². The lowest BCUT2D eigenvalue weighted by Gasteiger charge is -2.11. The van der Waals surface area contributed by atoms with Crippen molar-refractivity contribution in [1.29, 1.82) is 0 Å². The second-order valence-corrected chi connectivity index (χ2v) is 5.89. The highest BCUT2D eigenvalue weighted by Crippen LogP contribution is 2.25. The van der Waals surface area contributed by atoms with Crippen LogP contribution in [0.3, 0.4) is 0 Å². The van der Waals surface area contributed by atoms with Crippen LogP contribution >= 0.6 is 0 Å². The number of rotatable bonds is 3. The molecule has 0 spiro atoms. The lowest BCUT2D eigenvalue weighted by Crippen LogP contribution is -2.14. The lowest BCUT2D eigenvalue weighted by molar-refractivity contribution is 0.491. The number of aryl methyl sites for hydroxylation is 1. The Kier molecular flexibility index (Phi) is 3.00. The van der Waals surface area contributed by atoms with E-state index < -0.39 is 0 Å². The zero-order valence-corrected chi connectivity index (χ0v) is 12.2. The van der Waals surface area contributed by atoms with Gasteiger partial charge in [0.05, 0.1) is 11.2 Å². The molecule has 1 atom stereocenters. The molecule has 3 heterocycles. The van der Waals surface area contributed by atoms with Crippen LogP contribution in [0.15, 0.2) is 37.1 Å². The maximum atomic E-state index is 3.89. The van der Waals surface area contributed by atoms with E-state index in [-0.39, 0.29) is 0 Å². The van der Waals surface area contributed by atoms with Gasteiger partial charge in [0.2, 0.25) is 0 Å². The van der Waals surface area contributed by atoms with E-state index >= 15 is 0 Å². The first-order valence-corrected chi connectivity index (χ1v) is 7.46. The van der Waals surface area contributed by atoms with Gasteiger partial charge >= 0.3 is 0 Å². The summed E-state index contributed by atoms with van der Waals surface area (Å²) in [6.07, 6.45) is 7.02. The quantitative estimate of drug-likeness (QED) is 0.800. The Balaban J connectivity index is 1.77. The first-order valence-electron chi connectivity index (χ1n) is 7.46. The van der Waals surface area contributed by atoms with Crippen LogP contribution in [0.5, 0.6) is 0 Å². The lowest BCUT2D eigenvalue weighted by atomic mass is 10.1. The molecular formula is C16H19N5. The first-order chi connectivity index (χ1) is 10.3. The van der Waals surface area contributed by atoms with Crippen molar-refractivity contribution in [1.82, 2.24) is 24.6 Å². The van der Waals surface area contributed by atoms with Crippen molar-refractivity contribution in [2.24, 2.45) is 5.92 Å². The minimum absolute atomic E-state index is 0.735. The average Bonchev–Trinajstić information content (AvgIpc) is 3.22. The molecule has 5 nitrogen and oxygen atoms in total. The molecule has 1 aliphatic heterocycles. The van der Waals surface area contributed by atoms with E-state index in [1.807, 2.05) is 4.57 Å². The SMILES string of the molecule is Cc1cn(CC2CCNC2)c2cc(-n3cnnc3)ccc12. The summed E-state index contributed by atoms with van der Waals surface area (Å²) in [4.78, 5) is 0. The second kappa shape index (κ2) is 5.00. The minimum Gasteiger partial charge on any atom is -0.347 e. The number of benzene rings is 1. The summed E-state index contributed by atoms with van der Waals surface area (Å²) in [5, 5.41) is 12.6. The van der Waals surface area contributed by atoms with Crippen LogP contribution in [0, 0.1) is 12.8 Å². The summed E-state index contributed by atoms with van der Waals surface area (Å²) in [5.74, 6) is 0.735. The summed E-state index contributed by atoms with van der Waals surface area (Å²) in [5.41, 5.74) is 3.74. The molecule has 3 aromatic rings. The van der Waals surface area contributed by atoms with E-state index in [9.17, 15) is 0 Å². The van der Waals surface area contributed by atoms with Crippen molar-refractivity contribution in [2.75, 3.05) is 13.1 Å². The van der Waals surface area contributed by atoms with Gasteiger partial charge in [0.1, 0.15) is 12.7 Å². The molecule has 1 aliphatic rings. The van der Waals surface area contributed by atoms with Gasteiger partial charge in [-0.3, -0.25) is 4.57 Å². The highest BCUT2D eigenvalue weighted by atomic mass is 15.2. The predicted molar refractivity (Wildman–Crippen MR) is 82.6 cm³/mol. The summed E-state index contributed by atoms with van der Waals surface area (Å²) < 4.78 is 4.35. The Labute approximate surface area is 123 Å². The fourth-order valence-corrected chi connectivity index (χ4v) is 3.26. The van der Waals surface area contributed by atoms with Gasteiger partial charge in [0.25, 0.3) is 0 Å². The highest BCUT2D eigenvalue weighted by molar-refractivity contribution is 5.85. The number of nitrogens with zero attached hydrogens (tertiary/aromatic N) is 4. The van der Waals surface area contributed by atoms with Gasteiger partial charge in [-0.25, -0.2) is 0 Å². The fraction of sp³-hybridized carbons (Fsp3) is 0.375. The highest BCUT2D eigenvalue weighted by Gasteiger charge is 2.16. The van der Waals surface area contributed by atoms with Gasteiger partial charge < -0.3 is 9.88 Å². The molecule has 0 amide bonds. The number of fused-ring (bicyclic) bond motifs is 1. The number of hydrogen-bond donors (Lipinski definition) is 1. The van der Waals surface area contributed by atoms with Crippen molar-refractivity contribution < 1.29 is 0 Å². The molecule has 0 radical (unpaired) electrons. The Morgan fingerprint density at radius 3 is 2.90 bits per heavy atom. The van der Waals surface area contributed by atoms with Crippen LogP contribution in [0.25, 0.3) is 16.6 Å². The third-order valence-corrected chi connectivity index (χ3v) is 4.40. The van der Waals surface area contributed by atoms with Crippen molar-refractivity contribution in [3.63, 3.8) is 0 Å². The van der Waals surface area contributed by atoms with Gasteiger partial charge in [0.15, 0.2) is 0 Å². The van der Waals surface area contributed by atoms with Gasteiger partial charge in [-0.05, 0) is 50.0 Å². The molecule has 1 unspecified atom stereocenters. The summed E-state index contributed by atoms with van der Waals surface area (Å²) in [6.45, 7) is 5.55. The Bertz CT molecular complexity index is 750.